The first kappa shape index (κ1) is 30.1. The van der Waals surface area contributed by atoms with Crippen molar-refractivity contribution in [3.63, 3.8) is 0 Å². The number of piperazine rings is 1. The number of likely N-dealkylation sites (N-methyl/N-ethyl adjacent to an activating group) is 1. The standard InChI is InChI=1S/C32H30F4N4O3/c1-19-14-25-28(15-20(19)2)37-9-8-29(25)43-23-6-7-24(27(33)17-23)30(41)31(42)38-22-5-4-21(26(16-22)32(34,35)36)18-40-12-10-39(3)11-13-40/h4-9,14-17H,10-13,18H2,1-3H3,(H,38,42). The van der Waals surface area contributed by atoms with E-state index in [4.69, 9.17) is 4.74 Å². The third-order valence-corrected chi connectivity index (χ3v) is 7.60. The summed E-state index contributed by atoms with van der Waals surface area (Å²) >= 11 is 0. The Bertz CT molecular complexity index is 1700. The Labute approximate surface area is 246 Å². The van der Waals surface area contributed by atoms with Gasteiger partial charge in [-0.1, -0.05) is 6.07 Å². The van der Waals surface area contributed by atoms with Crippen LogP contribution in [0.2, 0.25) is 0 Å². The largest absolute Gasteiger partial charge is 0.456 e. The number of ether oxygens (including phenoxy) is 1. The van der Waals surface area contributed by atoms with Crippen LogP contribution in [0.15, 0.2) is 60.8 Å². The summed E-state index contributed by atoms with van der Waals surface area (Å²) in [6, 6.07) is 12.3. The van der Waals surface area contributed by atoms with Gasteiger partial charge in [-0.3, -0.25) is 19.5 Å². The summed E-state index contributed by atoms with van der Waals surface area (Å²) in [6.45, 7) is 6.78. The average molecular weight is 595 g/mol. The molecular formula is C32H30F4N4O3. The average Bonchev–Trinajstić information content (AvgIpc) is 2.95. The minimum absolute atomic E-state index is 0.0651. The van der Waals surface area contributed by atoms with Gasteiger partial charge in [0.15, 0.2) is 0 Å². The van der Waals surface area contributed by atoms with Gasteiger partial charge >= 0.3 is 6.18 Å². The van der Waals surface area contributed by atoms with Crippen LogP contribution in [0.4, 0.5) is 23.2 Å². The quantitative estimate of drug-likeness (QED) is 0.152. The van der Waals surface area contributed by atoms with E-state index < -0.39 is 34.8 Å². The summed E-state index contributed by atoms with van der Waals surface area (Å²) in [5.74, 6) is -2.99. The maximum atomic E-state index is 15.0. The van der Waals surface area contributed by atoms with Crippen molar-refractivity contribution < 1.29 is 31.9 Å². The number of amides is 1. The molecule has 1 N–H and O–H groups in total. The smallest absolute Gasteiger partial charge is 0.416 e. The van der Waals surface area contributed by atoms with Crippen molar-refractivity contribution in [1.82, 2.24) is 14.8 Å². The van der Waals surface area contributed by atoms with Gasteiger partial charge in [-0.05, 0) is 80.1 Å². The van der Waals surface area contributed by atoms with Gasteiger partial charge in [0.1, 0.15) is 17.3 Å². The van der Waals surface area contributed by atoms with Crippen molar-refractivity contribution in [2.24, 2.45) is 0 Å². The number of benzene rings is 3. The van der Waals surface area contributed by atoms with Gasteiger partial charge in [0.25, 0.3) is 11.7 Å². The first-order valence-electron chi connectivity index (χ1n) is 13.7. The number of fused-ring (bicyclic) bond motifs is 1. The maximum absolute atomic E-state index is 15.0. The number of alkyl halides is 3. The number of Topliss-reactive ketones (excluding diaryl/α,β-unsaturated/α-hetero) is 1. The SMILES string of the molecule is Cc1cc2nccc(Oc3ccc(C(=O)C(=O)Nc4ccc(CN5CCN(C)CC5)c(C(F)(F)F)c4)c(F)c3)c2cc1C. The van der Waals surface area contributed by atoms with E-state index in [9.17, 15) is 22.8 Å². The maximum Gasteiger partial charge on any atom is 0.416 e. The molecular weight excluding hydrogens is 564 g/mol. The summed E-state index contributed by atoms with van der Waals surface area (Å²) in [7, 11) is 1.96. The monoisotopic (exact) mass is 594 g/mol. The third-order valence-electron chi connectivity index (χ3n) is 7.60. The fourth-order valence-corrected chi connectivity index (χ4v) is 4.95. The number of halogens is 4. The Kier molecular flexibility index (Phi) is 8.48. The Morgan fingerprint density at radius 2 is 1.67 bits per heavy atom. The number of carbonyl (C=O) groups is 2. The third kappa shape index (κ3) is 6.84. The van der Waals surface area contributed by atoms with E-state index in [1.807, 2.05) is 37.9 Å². The molecule has 0 atom stereocenters. The number of nitrogens with zero attached hydrogens (tertiary/aromatic N) is 3. The number of hydrogen-bond acceptors (Lipinski definition) is 6. The van der Waals surface area contributed by atoms with Crippen molar-refractivity contribution in [2.75, 3.05) is 38.5 Å². The minimum atomic E-state index is -4.67. The van der Waals surface area contributed by atoms with Crippen LogP contribution in [0.5, 0.6) is 11.5 Å². The van der Waals surface area contributed by atoms with Crippen LogP contribution in [0.25, 0.3) is 10.9 Å². The molecule has 1 saturated heterocycles. The molecule has 3 aromatic carbocycles. The van der Waals surface area contributed by atoms with Crippen molar-refractivity contribution in [3.05, 3.63) is 94.4 Å². The number of aromatic nitrogens is 1. The number of hydrogen-bond donors (Lipinski definition) is 1. The van der Waals surface area contributed by atoms with E-state index in [-0.39, 0.29) is 23.5 Å². The van der Waals surface area contributed by atoms with Gasteiger partial charge in [-0.15, -0.1) is 0 Å². The molecule has 5 rings (SSSR count). The van der Waals surface area contributed by atoms with E-state index in [0.29, 0.717) is 24.4 Å². The fraction of sp³-hybridized carbons (Fsp3) is 0.281. The van der Waals surface area contributed by atoms with E-state index in [0.717, 1.165) is 47.8 Å². The predicted octanol–water partition coefficient (Wildman–Crippen LogP) is 6.37. The van der Waals surface area contributed by atoms with Crippen LogP contribution >= 0.6 is 0 Å². The number of pyridine rings is 1. The molecule has 224 valence electrons. The lowest BCUT2D eigenvalue weighted by atomic mass is 10.0. The molecule has 0 spiro atoms. The Morgan fingerprint density at radius 1 is 0.953 bits per heavy atom. The Hall–Kier alpha value is -4.35. The molecule has 1 aromatic heterocycles. The van der Waals surface area contributed by atoms with Gasteiger partial charge in [0, 0.05) is 56.1 Å². The summed E-state index contributed by atoms with van der Waals surface area (Å²) in [4.78, 5) is 33.8. The highest BCUT2D eigenvalue weighted by molar-refractivity contribution is 6.46. The zero-order valence-corrected chi connectivity index (χ0v) is 23.9. The molecule has 0 saturated carbocycles. The summed E-state index contributed by atoms with van der Waals surface area (Å²) < 4.78 is 62.6. The van der Waals surface area contributed by atoms with Crippen LogP contribution in [-0.2, 0) is 17.5 Å². The van der Waals surface area contributed by atoms with Crippen molar-refractivity contribution in [2.45, 2.75) is 26.6 Å². The van der Waals surface area contributed by atoms with E-state index in [1.54, 1.807) is 12.3 Å². The van der Waals surface area contributed by atoms with Crippen LogP contribution in [0.3, 0.4) is 0 Å². The molecule has 1 aliphatic rings. The number of nitrogens with one attached hydrogen (secondary N) is 1. The molecule has 0 radical (unpaired) electrons. The van der Waals surface area contributed by atoms with Crippen LogP contribution in [0.1, 0.15) is 32.6 Å². The van der Waals surface area contributed by atoms with E-state index in [1.165, 1.54) is 18.2 Å². The molecule has 1 aliphatic heterocycles. The zero-order valence-electron chi connectivity index (χ0n) is 23.9. The van der Waals surface area contributed by atoms with E-state index in [2.05, 4.69) is 15.2 Å². The van der Waals surface area contributed by atoms with Gasteiger partial charge in [-0.25, -0.2) is 4.39 Å². The number of rotatable bonds is 7. The predicted molar refractivity (Wildman–Crippen MR) is 155 cm³/mol. The van der Waals surface area contributed by atoms with Gasteiger partial charge in [0.2, 0.25) is 0 Å². The van der Waals surface area contributed by atoms with Gasteiger partial charge < -0.3 is 15.0 Å². The summed E-state index contributed by atoms with van der Waals surface area (Å²) in [5.41, 5.74) is 1.18. The number of ketones is 1. The number of anilines is 1. The molecule has 1 amide bonds. The molecule has 2 heterocycles. The molecule has 11 heteroatoms. The second-order valence-corrected chi connectivity index (χ2v) is 10.7. The minimum Gasteiger partial charge on any atom is -0.456 e. The number of aryl methyl sites for hydroxylation is 2. The highest BCUT2D eigenvalue weighted by Gasteiger charge is 2.34. The molecule has 0 bridgehead atoms. The second kappa shape index (κ2) is 12.1. The second-order valence-electron chi connectivity index (χ2n) is 10.7. The highest BCUT2D eigenvalue weighted by atomic mass is 19.4. The molecule has 4 aromatic rings. The highest BCUT2D eigenvalue weighted by Crippen LogP contribution is 2.35. The van der Waals surface area contributed by atoms with Gasteiger partial charge in [-0.2, -0.15) is 13.2 Å². The summed E-state index contributed by atoms with van der Waals surface area (Å²) in [6.07, 6.45) is -3.11. The Balaban J connectivity index is 1.30. The molecule has 43 heavy (non-hydrogen) atoms. The van der Waals surface area contributed by atoms with Crippen molar-refractivity contribution in [3.8, 4) is 11.5 Å². The van der Waals surface area contributed by atoms with Crippen molar-refractivity contribution >= 4 is 28.3 Å². The Morgan fingerprint density at radius 3 is 2.37 bits per heavy atom. The van der Waals surface area contributed by atoms with E-state index >= 15 is 4.39 Å². The fourth-order valence-electron chi connectivity index (χ4n) is 4.95. The number of carbonyl (C=O) groups excluding carboxylic acids is 2. The molecule has 1 fully saturated rings. The zero-order chi connectivity index (χ0) is 30.9. The molecule has 0 unspecified atom stereocenters. The lowest BCUT2D eigenvalue weighted by Crippen LogP contribution is -2.44. The van der Waals surface area contributed by atoms with Crippen LogP contribution in [0, 0.1) is 19.7 Å². The normalized spacial score (nSPS) is 14.6. The van der Waals surface area contributed by atoms with Crippen LogP contribution < -0.4 is 10.1 Å². The topological polar surface area (TPSA) is 74.8 Å². The molecule has 0 aliphatic carbocycles. The van der Waals surface area contributed by atoms with Crippen LogP contribution in [-0.4, -0.2) is 59.7 Å². The first-order valence-corrected chi connectivity index (χ1v) is 13.7. The molecule has 7 nitrogen and oxygen atoms in total. The lowest BCUT2D eigenvalue weighted by molar-refractivity contribution is -0.138. The van der Waals surface area contributed by atoms with Gasteiger partial charge in [0.05, 0.1) is 16.6 Å². The lowest BCUT2D eigenvalue weighted by Gasteiger charge is -2.33. The van der Waals surface area contributed by atoms with Crippen molar-refractivity contribution in [1.29, 1.82) is 0 Å². The first-order chi connectivity index (χ1) is 20.4. The summed E-state index contributed by atoms with van der Waals surface area (Å²) in [5, 5.41) is 2.91.